The number of hydrogen-bond donors (Lipinski definition) is 0. The van der Waals surface area contributed by atoms with Gasteiger partial charge in [0.1, 0.15) is 18.2 Å². The van der Waals surface area contributed by atoms with Crippen LogP contribution in [0.4, 0.5) is 10.1 Å². The first-order valence-corrected chi connectivity index (χ1v) is 9.24. The van der Waals surface area contributed by atoms with Gasteiger partial charge in [0, 0.05) is 0 Å². The van der Waals surface area contributed by atoms with Crippen molar-refractivity contribution in [1.29, 1.82) is 0 Å². The molecule has 1 amide bonds. The number of nitrogens with zero attached hydrogens (tertiary/aromatic N) is 2. The number of anilines is 1. The van der Waals surface area contributed by atoms with Gasteiger partial charge in [0.2, 0.25) is 0 Å². The number of hydrazone groups is 1. The average molecular weight is 386 g/mol. The number of rotatable bonds is 5. The summed E-state index contributed by atoms with van der Waals surface area (Å²) in [6.07, 6.45) is 1.83. The van der Waals surface area contributed by atoms with E-state index in [0.29, 0.717) is 23.6 Å². The summed E-state index contributed by atoms with van der Waals surface area (Å²) in [6, 6.07) is 23.0. The Bertz CT molecular complexity index is 1070. The first-order chi connectivity index (χ1) is 14.1. The van der Waals surface area contributed by atoms with Gasteiger partial charge >= 0.3 is 0 Å². The van der Waals surface area contributed by atoms with Crippen molar-refractivity contribution in [2.75, 3.05) is 5.01 Å². The monoisotopic (exact) mass is 386 g/mol. The molecule has 1 heterocycles. The van der Waals surface area contributed by atoms with Crippen LogP contribution in [0.15, 0.2) is 89.5 Å². The molecule has 0 unspecified atom stereocenters. The number of amides is 1. The standard InChI is InChI=1S/C24H19FN2O2/c1-17-23(24(28)27(26-17)21-5-3-2-4-6-21)15-18-9-13-22(14-10-18)29-16-19-7-11-20(25)12-8-19/h2-15H,16H2,1H3. The van der Waals surface area contributed by atoms with E-state index in [9.17, 15) is 9.18 Å². The topological polar surface area (TPSA) is 41.9 Å². The van der Waals surface area contributed by atoms with Crippen LogP contribution in [-0.2, 0) is 11.4 Å². The SMILES string of the molecule is CC1=NN(c2ccccc2)C(=O)C1=Cc1ccc(OCc2ccc(F)cc2)cc1. The summed E-state index contributed by atoms with van der Waals surface area (Å²) in [5, 5.41) is 5.80. The Labute approximate surface area is 168 Å². The Morgan fingerprint density at radius 3 is 2.34 bits per heavy atom. The van der Waals surface area contributed by atoms with Crippen LogP contribution in [0.3, 0.4) is 0 Å². The molecule has 3 aromatic rings. The largest absolute Gasteiger partial charge is 0.489 e. The maximum absolute atomic E-state index is 13.0. The van der Waals surface area contributed by atoms with Crippen LogP contribution in [-0.4, -0.2) is 11.6 Å². The lowest BCUT2D eigenvalue weighted by Crippen LogP contribution is -2.21. The fraction of sp³-hybridized carbons (Fsp3) is 0.0833. The molecule has 4 nitrogen and oxygen atoms in total. The highest BCUT2D eigenvalue weighted by Gasteiger charge is 2.28. The Hall–Kier alpha value is -3.73. The van der Waals surface area contributed by atoms with E-state index in [1.165, 1.54) is 17.1 Å². The minimum Gasteiger partial charge on any atom is -0.489 e. The summed E-state index contributed by atoms with van der Waals surface area (Å²) in [6.45, 7) is 2.18. The fourth-order valence-corrected chi connectivity index (χ4v) is 3.00. The predicted molar refractivity (Wildman–Crippen MR) is 112 cm³/mol. The van der Waals surface area contributed by atoms with E-state index in [-0.39, 0.29) is 11.7 Å². The fourth-order valence-electron chi connectivity index (χ4n) is 3.00. The van der Waals surface area contributed by atoms with Gasteiger partial charge in [-0.3, -0.25) is 4.79 Å². The summed E-state index contributed by atoms with van der Waals surface area (Å²) in [4.78, 5) is 12.8. The summed E-state index contributed by atoms with van der Waals surface area (Å²) >= 11 is 0. The number of carbonyl (C=O) groups excluding carboxylic acids is 1. The number of hydrogen-bond acceptors (Lipinski definition) is 3. The zero-order valence-electron chi connectivity index (χ0n) is 15.9. The van der Waals surface area contributed by atoms with Crippen molar-refractivity contribution in [3.8, 4) is 5.75 Å². The number of benzene rings is 3. The van der Waals surface area contributed by atoms with Crippen LogP contribution in [0.5, 0.6) is 5.75 Å². The molecule has 0 aromatic heterocycles. The van der Waals surface area contributed by atoms with E-state index < -0.39 is 0 Å². The quantitative estimate of drug-likeness (QED) is 0.565. The molecule has 144 valence electrons. The van der Waals surface area contributed by atoms with E-state index in [1.54, 1.807) is 12.1 Å². The van der Waals surface area contributed by atoms with Crippen LogP contribution in [0.2, 0.25) is 0 Å². The van der Waals surface area contributed by atoms with E-state index >= 15 is 0 Å². The second kappa shape index (κ2) is 8.10. The third-order valence-electron chi connectivity index (χ3n) is 4.57. The number of carbonyl (C=O) groups is 1. The van der Waals surface area contributed by atoms with Crippen LogP contribution in [0.1, 0.15) is 18.1 Å². The third kappa shape index (κ3) is 4.24. The highest BCUT2D eigenvalue weighted by Crippen LogP contribution is 2.25. The van der Waals surface area contributed by atoms with Gasteiger partial charge in [-0.05, 0) is 60.5 Å². The second-order valence-electron chi connectivity index (χ2n) is 6.68. The van der Waals surface area contributed by atoms with Gasteiger partial charge in [-0.2, -0.15) is 10.1 Å². The molecule has 4 rings (SSSR count). The van der Waals surface area contributed by atoms with E-state index in [0.717, 1.165) is 16.8 Å². The second-order valence-corrected chi connectivity index (χ2v) is 6.68. The molecule has 29 heavy (non-hydrogen) atoms. The molecule has 0 radical (unpaired) electrons. The predicted octanol–water partition coefficient (Wildman–Crippen LogP) is 5.21. The van der Waals surface area contributed by atoms with Crippen LogP contribution >= 0.6 is 0 Å². The minimum atomic E-state index is -0.266. The summed E-state index contributed by atoms with van der Waals surface area (Å²) in [5.41, 5.74) is 3.75. The van der Waals surface area contributed by atoms with E-state index in [4.69, 9.17) is 4.74 Å². The minimum absolute atomic E-state index is 0.148. The van der Waals surface area contributed by atoms with Gasteiger partial charge in [-0.15, -0.1) is 0 Å². The lowest BCUT2D eigenvalue weighted by Gasteiger charge is -2.11. The van der Waals surface area contributed by atoms with Crippen molar-refractivity contribution >= 4 is 23.4 Å². The van der Waals surface area contributed by atoms with Crippen molar-refractivity contribution in [2.24, 2.45) is 5.10 Å². The maximum atomic E-state index is 13.0. The smallest absolute Gasteiger partial charge is 0.280 e. The third-order valence-corrected chi connectivity index (χ3v) is 4.57. The molecule has 0 atom stereocenters. The molecule has 0 saturated carbocycles. The molecule has 0 N–H and O–H groups in total. The molecule has 5 heteroatoms. The van der Waals surface area contributed by atoms with Crippen molar-refractivity contribution in [2.45, 2.75) is 13.5 Å². The number of para-hydroxylation sites is 1. The molecule has 3 aromatic carbocycles. The van der Waals surface area contributed by atoms with Gasteiger partial charge in [-0.1, -0.05) is 42.5 Å². The Kier molecular flexibility index (Phi) is 5.20. The summed E-state index contributed by atoms with van der Waals surface area (Å²) in [7, 11) is 0. The van der Waals surface area contributed by atoms with E-state index in [1.807, 2.05) is 67.6 Å². The molecular formula is C24H19FN2O2. The summed E-state index contributed by atoms with van der Waals surface area (Å²) < 4.78 is 18.7. The average Bonchev–Trinajstić information content (AvgIpc) is 3.03. The van der Waals surface area contributed by atoms with Crippen molar-refractivity contribution in [3.05, 3.63) is 101 Å². The molecule has 1 aliphatic heterocycles. The lowest BCUT2D eigenvalue weighted by molar-refractivity contribution is -0.114. The highest BCUT2D eigenvalue weighted by molar-refractivity contribution is 6.32. The molecular weight excluding hydrogens is 367 g/mol. The summed E-state index contributed by atoms with van der Waals surface area (Å²) in [5.74, 6) is 0.285. The first kappa shape index (κ1) is 18.6. The van der Waals surface area contributed by atoms with Gasteiger partial charge in [0.05, 0.1) is 17.0 Å². The zero-order chi connectivity index (χ0) is 20.2. The van der Waals surface area contributed by atoms with Crippen molar-refractivity contribution < 1.29 is 13.9 Å². The highest BCUT2D eigenvalue weighted by atomic mass is 19.1. The van der Waals surface area contributed by atoms with Gasteiger partial charge < -0.3 is 4.74 Å². The Balaban J connectivity index is 1.45. The Morgan fingerprint density at radius 1 is 0.966 bits per heavy atom. The lowest BCUT2D eigenvalue weighted by atomic mass is 10.1. The Morgan fingerprint density at radius 2 is 1.66 bits per heavy atom. The first-order valence-electron chi connectivity index (χ1n) is 9.24. The zero-order valence-corrected chi connectivity index (χ0v) is 15.9. The molecule has 0 saturated heterocycles. The van der Waals surface area contributed by atoms with E-state index in [2.05, 4.69) is 5.10 Å². The van der Waals surface area contributed by atoms with Crippen LogP contribution in [0.25, 0.3) is 6.08 Å². The van der Waals surface area contributed by atoms with Crippen molar-refractivity contribution in [1.82, 2.24) is 0 Å². The molecule has 0 aliphatic carbocycles. The molecule has 1 aliphatic rings. The normalized spacial score (nSPS) is 15.0. The number of halogens is 1. The van der Waals surface area contributed by atoms with Gasteiger partial charge in [0.15, 0.2) is 0 Å². The van der Waals surface area contributed by atoms with Crippen molar-refractivity contribution in [3.63, 3.8) is 0 Å². The molecule has 0 fully saturated rings. The molecule has 0 spiro atoms. The van der Waals surface area contributed by atoms with Crippen LogP contribution < -0.4 is 9.75 Å². The van der Waals surface area contributed by atoms with Crippen LogP contribution in [0, 0.1) is 5.82 Å². The molecule has 0 bridgehead atoms. The van der Waals surface area contributed by atoms with Gasteiger partial charge in [-0.25, -0.2) is 4.39 Å². The maximum Gasteiger partial charge on any atom is 0.280 e. The van der Waals surface area contributed by atoms with Gasteiger partial charge in [0.25, 0.3) is 5.91 Å². The number of ether oxygens (including phenoxy) is 1.